The highest BCUT2D eigenvalue weighted by Gasteiger charge is 2.06. The van der Waals surface area contributed by atoms with Crippen molar-refractivity contribution in [2.75, 3.05) is 6.54 Å². The Morgan fingerprint density at radius 1 is 1.00 bits per heavy atom. The van der Waals surface area contributed by atoms with Gasteiger partial charge in [-0.1, -0.05) is 30.3 Å². The highest BCUT2D eigenvalue weighted by molar-refractivity contribution is 5.42. The van der Waals surface area contributed by atoms with Crippen LogP contribution in [0.1, 0.15) is 16.7 Å². The maximum absolute atomic E-state index is 6.02. The smallest absolute Gasteiger partial charge is 0.130 e. The van der Waals surface area contributed by atoms with Crippen LogP contribution in [0.15, 0.2) is 42.5 Å². The molecule has 2 N–H and O–H groups in total. The Bertz CT molecular complexity index is 534. The van der Waals surface area contributed by atoms with Crippen molar-refractivity contribution in [2.45, 2.75) is 20.3 Å². The van der Waals surface area contributed by atoms with Crippen LogP contribution in [0, 0.1) is 13.8 Å². The summed E-state index contributed by atoms with van der Waals surface area (Å²) >= 11 is 0. The Hall–Kier alpha value is -1.80. The zero-order chi connectivity index (χ0) is 13.0. The van der Waals surface area contributed by atoms with Crippen LogP contribution in [0.5, 0.6) is 11.5 Å². The first-order valence-corrected chi connectivity index (χ1v) is 6.24. The molecule has 18 heavy (non-hydrogen) atoms. The standard InChI is InChI=1S/C16H19NO/c1-12-7-8-13(2)16(11-12)18-15-6-4-3-5-14(15)9-10-17/h3-8,11H,9-10,17H2,1-2H3. The van der Waals surface area contributed by atoms with Crippen LogP contribution in [-0.4, -0.2) is 6.54 Å². The second-order valence-corrected chi connectivity index (χ2v) is 4.52. The van der Waals surface area contributed by atoms with Gasteiger partial charge in [0.05, 0.1) is 0 Å². The van der Waals surface area contributed by atoms with Gasteiger partial charge < -0.3 is 10.5 Å². The molecule has 0 fully saturated rings. The van der Waals surface area contributed by atoms with E-state index in [1.54, 1.807) is 0 Å². The SMILES string of the molecule is Cc1ccc(C)c(Oc2ccccc2CCN)c1. The van der Waals surface area contributed by atoms with Gasteiger partial charge in [0.2, 0.25) is 0 Å². The van der Waals surface area contributed by atoms with Crippen LogP contribution in [0.25, 0.3) is 0 Å². The van der Waals surface area contributed by atoms with Crippen LogP contribution in [-0.2, 0) is 6.42 Å². The molecule has 2 rings (SSSR count). The third-order valence-electron chi connectivity index (χ3n) is 2.95. The van der Waals surface area contributed by atoms with Crippen molar-refractivity contribution in [1.82, 2.24) is 0 Å². The molecule has 2 nitrogen and oxygen atoms in total. The predicted octanol–water partition coefficient (Wildman–Crippen LogP) is 3.60. The molecule has 0 amide bonds. The van der Waals surface area contributed by atoms with E-state index in [9.17, 15) is 0 Å². The molecule has 2 aromatic carbocycles. The minimum Gasteiger partial charge on any atom is -0.457 e. The molecule has 94 valence electrons. The number of rotatable bonds is 4. The molecule has 0 heterocycles. The van der Waals surface area contributed by atoms with E-state index in [4.69, 9.17) is 10.5 Å². The highest BCUT2D eigenvalue weighted by Crippen LogP contribution is 2.28. The summed E-state index contributed by atoms with van der Waals surface area (Å²) in [6, 6.07) is 14.3. The number of ether oxygens (including phenoxy) is 1. The number of hydrogen-bond acceptors (Lipinski definition) is 2. The van der Waals surface area contributed by atoms with Gasteiger partial charge in [-0.25, -0.2) is 0 Å². The molecule has 0 aromatic heterocycles. The normalized spacial score (nSPS) is 10.4. The fraction of sp³-hybridized carbons (Fsp3) is 0.250. The van der Waals surface area contributed by atoms with Crippen molar-refractivity contribution in [1.29, 1.82) is 0 Å². The molecule has 0 radical (unpaired) electrons. The second kappa shape index (κ2) is 5.69. The molecule has 2 aromatic rings. The van der Waals surface area contributed by atoms with Gasteiger partial charge in [-0.05, 0) is 55.6 Å². The van der Waals surface area contributed by atoms with Gasteiger partial charge in [0.25, 0.3) is 0 Å². The average Bonchev–Trinajstić information content (AvgIpc) is 2.36. The molecule has 0 atom stereocenters. The summed E-state index contributed by atoms with van der Waals surface area (Å²) in [5.74, 6) is 1.82. The number of para-hydroxylation sites is 1. The minimum atomic E-state index is 0.632. The number of aryl methyl sites for hydroxylation is 2. The van der Waals surface area contributed by atoms with E-state index in [1.165, 1.54) is 5.56 Å². The maximum Gasteiger partial charge on any atom is 0.130 e. The lowest BCUT2D eigenvalue weighted by molar-refractivity contribution is 0.472. The lowest BCUT2D eigenvalue weighted by Crippen LogP contribution is -2.04. The largest absolute Gasteiger partial charge is 0.457 e. The fourth-order valence-electron chi connectivity index (χ4n) is 1.90. The Kier molecular flexibility index (Phi) is 4.00. The van der Waals surface area contributed by atoms with E-state index in [0.717, 1.165) is 29.0 Å². The number of nitrogens with two attached hydrogens (primary N) is 1. The van der Waals surface area contributed by atoms with Gasteiger partial charge in [-0.2, -0.15) is 0 Å². The Morgan fingerprint density at radius 2 is 1.78 bits per heavy atom. The molecule has 2 heteroatoms. The van der Waals surface area contributed by atoms with Crippen molar-refractivity contribution in [2.24, 2.45) is 5.73 Å². The molecule has 0 saturated carbocycles. The maximum atomic E-state index is 6.02. The summed E-state index contributed by atoms with van der Waals surface area (Å²) in [5.41, 5.74) is 9.12. The van der Waals surface area contributed by atoms with Gasteiger partial charge >= 0.3 is 0 Å². The first-order valence-electron chi connectivity index (χ1n) is 6.24. The van der Waals surface area contributed by atoms with Crippen molar-refractivity contribution in [3.8, 4) is 11.5 Å². The zero-order valence-corrected chi connectivity index (χ0v) is 10.9. The first kappa shape index (κ1) is 12.7. The monoisotopic (exact) mass is 241 g/mol. The van der Waals surface area contributed by atoms with Crippen LogP contribution in [0.2, 0.25) is 0 Å². The Labute approximate surface area is 108 Å². The molecule has 0 unspecified atom stereocenters. The van der Waals surface area contributed by atoms with E-state index in [1.807, 2.05) is 18.2 Å². The topological polar surface area (TPSA) is 35.2 Å². The quantitative estimate of drug-likeness (QED) is 0.887. The van der Waals surface area contributed by atoms with Crippen molar-refractivity contribution in [3.63, 3.8) is 0 Å². The summed E-state index contributed by atoms with van der Waals surface area (Å²) in [6.45, 7) is 4.76. The third kappa shape index (κ3) is 2.90. The highest BCUT2D eigenvalue weighted by atomic mass is 16.5. The van der Waals surface area contributed by atoms with Gasteiger partial charge in [0.1, 0.15) is 11.5 Å². The van der Waals surface area contributed by atoms with Crippen LogP contribution in [0.4, 0.5) is 0 Å². The fourth-order valence-corrected chi connectivity index (χ4v) is 1.90. The average molecular weight is 241 g/mol. The first-order chi connectivity index (χ1) is 8.70. The predicted molar refractivity (Wildman–Crippen MR) is 75.2 cm³/mol. The van der Waals surface area contributed by atoms with Crippen molar-refractivity contribution in [3.05, 3.63) is 59.2 Å². The van der Waals surface area contributed by atoms with E-state index in [2.05, 4.69) is 38.1 Å². The molecular formula is C16H19NO. The minimum absolute atomic E-state index is 0.632. The summed E-state index contributed by atoms with van der Waals surface area (Å²) in [6.07, 6.45) is 0.834. The van der Waals surface area contributed by atoms with E-state index in [0.29, 0.717) is 6.54 Å². The van der Waals surface area contributed by atoms with E-state index >= 15 is 0 Å². The van der Waals surface area contributed by atoms with Crippen molar-refractivity contribution < 1.29 is 4.74 Å². The molecule has 0 saturated heterocycles. The third-order valence-corrected chi connectivity index (χ3v) is 2.95. The molecule has 0 aliphatic rings. The van der Waals surface area contributed by atoms with Gasteiger partial charge in [-0.3, -0.25) is 0 Å². The molecule has 0 spiro atoms. The number of benzene rings is 2. The van der Waals surface area contributed by atoms with Gasteiger partial charge in [-0.15, -0.1) is 0 Å². The van der Waals surface area contributed by atoms with Crippen LogP contribution < -0.4 is 10.5 Å². The molecule has 0 aliphatic heterocycles. The van der Waals surface area contributed by atoms with E-state index in [-0.39, 0.29) is 0 Å². The zero-order valence-electron chi connectivity index (χ0n) is 10.9. The lowest BCUT2D eigenvalue weighted by Gasteiger charge is -2.13. The second-order valence-electron chi connectivity index (χ2n) is 4.52. The summed E-state index contributed by atoms with van der Waals surface area (Å²) in [4.78, 5) is 0. The van der Waals surface area contributed by atoms with Crippen LogP contribution in [0.3, 0.4) is 0 Å². The summed E-state index contributed by atoms with van der Waals surface area (Å²) in [5, 5.41) is 0. The summed E-state index contributed by atoms with van der Waals surface area (Å²) < 4.78 is 6.02. The lowest BCUT2D eigenvalue weighted by atomic mass is 10.1. The van der Waals surface area contributed by atoms with Crippen molar-refractivity contribution >= 4 is 0 Å². The van der Waals surface area contributed by atoms with Crippen LogP contribution >= 0.6 is 0 Å². The Balaban J connectivity index is 2.30. The van der Waals surface area contributed by atoms with E-state index < -0.39 is 0 Å². The molecule has 0 bridgehead atoms. The van der Waals surface area contributed by atoms with Gasteiger partial charge in [0, 0.05) is 0 Å². The molecule has 0 aliphatic carbocycles. The summed E-state index contributed by atoms with van der Waals surface area (Å²) in [7, 11) is 0. The van der Waals surface area contributed by atoms with Gasteiger partial charge in [0.15, 0.2) is 0 Å². The molecular weight excluding hydrogens is 222 g/mol. The Morgan fingerprint density at radius 3 is 2.56 bits per heavy atom. The number of hydrogen-bond donors (Lipinski definition) is 1.